The zero-order chi connectivity index (χ0) is 15.2. The van der Waals surface area contributed by atoms with Crippen LogP contribution in [0, 0.1) is 10.1 Å². The SMILES string of the molecule is CCCCCNS(=O)(=O)c1cc([N+](=O)[O-])ccc1NN. The standard InChI is InChI=1S/C11H18N4O4S/c1-2-3-4-7-13-20(18,19)11-8-9(15(16)17)5-6-10(11)14-12/h5-6,8,13-14H,2-4,7,12H2,1H3. The van der Waals surface area contributed by atoms with E-state index in [0.717, 1.165) is 18.9 Å². The third-order valence-electron chi connectivity index (χ3n) is 2.69. The molecule has 0 fully saturated rings. The lowest BCUT2D eigenvalue weighted by atomic mass is 10.3. The quantitative estimate of drug-likeness (QED) is 0.288. The molecule has 0 saturated carbocycles. The van der Waals surface area contributed by atoms with E-state index in [2.05, 4.69) is 10.1 Å². The molecule has 1 rings (SSSR count). The van der Waals surface area contributed by atoms with E-state index < -0.39 is 14.9 Å². The second kappa shape index (κ2) is 7.17. The normalized spacial score (nSPS) is 11.3. The van der Waals surface area contributed by atoms with Gasteiger partial charge in [-0.05, 0) is 12.5 Å². The number of nitro benzene ring substituents is 1. The van der Waals surface area contributed by atoms with Crippen LogP contribution < -0.4 is 16.0 Å². The number of nitrogens with zero attached hydrogens (tertiary/aromatic N) is 1. The third-order valence-corrected chi connectivity index (χ3v) is 4.19. The lowest BCUT2D eigenvalue weighted by Gasteiger charge is -2.10. The van der Waals surface area contributed by atoms with Gasteiger partial charge in [0.1, 0.15) is 4.90 Å². The molecule has 0 radical (unpaired) electrons. The fourth-order valence-corrected chi connectivity index (χ4v) is 2.89. The van der Waals surface area contributed by atoms with Gasteiger partial charge in [0.25, 0.3) is 5.69 Å². The molecular weight excluding hydrogens is 284 g/mol. The number of nitrogen functional groups attached to an aromatic ring is 1. The number of nitrogens with two attached hydrogens (primary N) is 1. The van der Waals surface area contributed by atoms with E-state index in [4.69, 9.17) is 5.84 Å². The lowest BCUT2D eigenvalue weighted by Crippen LogP contribution is -2.26. The Kier molecular flexibility index (Phi) is 5.86. The maximum Gasteiger partial charge on any atom is 0.270 e. The van der Waals surface area contributed by atoms with Gasteiger partial charge in [-0.25, -0.2) is 13.1 Å². The number of sulfonamides is 1. The highest BCUT2D eigenvalue weighted by atomic mass is 32.2. The first-order chi connectivity index (χ1) is 9.42. The number of anilines is 1. The van der Waals surface area contributed by atoms with Crippen LogP contribution in [0.15, 0.2) is 23.1 Å². The molecule has 0 aliphatic carbocycles. The van der Waals surface area contributed by atoms with E-state index in [-0.39, 0.29) is 22.8 Å². The molecule has 0 atom stereocenters. The third kappa shape index (κ3) is 4.15. The van der Waals surface area contributed by atoms with E-state index in [1.807, 2.05) is 6.92 Å². The van der Waals surface area contributed by atoms with E-state index in [9.17, 15) is 18.5 Å². The van der Waals surface area contributed by atoms with Crippen LogP contribution >= 0.6 is 0 Å². The molecule has 0 heterocycles. The van der Waals surface area contributed by atoms with E-state index in [0.29, 0.717) is 6.42 Å². The summed E-state index contributed by atoms with van der Waals surface area (Å²) in [6.07, 6.45) is 2.57. The summed E-state index contributed by atoms with van der Waals surface area (Å²) in [5.74, 6) is 5.24. The number of unbranched alkanes of at least 4 members (excludes halogenated alkanes) is 2. The molecule has 0 bridgehead atoms. The first-order valence-electron chi connectivity index (χ1n) is 6.17. The Morgan fingerprint density at radius 2 is 2.05 bits per heavy atom. The molecule has 0 unspecified atom stereocenters. The molecule has 8 nitrogen and oxygen atoms in total. The summed E-state index contributed by atoms with van der Waals surface area (Å²) >= 11 is 0. The number of nitro groups is 1. The summed E-state index contributed by atoms with van der Waals surface area (Å²) in [4.78, 5) is 9.83. The van der Waals surface area contributed by atoms with Crippen LogP contribution in [-0.4, -0.2) is 19.9 Å². The summed E-state index contributed by atoms with van der Waals surface area (Å²) in [6.45, 7) is 2.29. The lowest BCUT2D eigenvalue weighted by molar-refractivity contribution is -0.385. The first kappa shape index (κ1) is 16.3. The molecular formula is C11H18N4O4S. The molecule has 20 heavy (non-hydrogen) atoms. The monoisotopic (exact) mass is 302 g/mol. The molecule has 1 aromatic rings. The Bertz CT molecular complexity index is 574. The Morgan fingerprint density at radius 1 is 1.35 bits per heavy atom. The molecule has 112 valence electrons. The second-order valence-electron chi connectivity index (χ2n) is 4.19. The van der Waals surface area contributed by atoms with Crippen molar-refractivity contribution >= 4 is 21.4 Å². The van der Waals surface area contributed by atoms with Crippen molar-refractivity contribution in [2.45, 2.75) is 31.1 Å². The highest BCUT2D eigenvalue weighted by Crippen LogP contribution is 2.25. The summed E-state index contributed by atoms with van der Waals surface area (Å²) in [5, 5.41) is 10.7. The number of hydrogen-bond donors (Lipinski definition) is 3. The highest BCUT2D eigenvalue weighted by Gasteiger charge is 2.21. The van der Waals surface area contributed by atoms with Crippen LogP contribution in [0.2, 0.25) is 0 Å². The average molecular weight is 302 g/mol. The largest absolute Gasteiger partial charge is 0.323 e. The van der Waals surface area contributed by atoms with Crippen LogP contribution in [0.5, 0.6) is 0 Å². The van der Waals surface area contributed by atoms with Crippen molar-refractivity contribution in [1.82, 2.24) is 4.72 Å². The van der Waals surface area contributed by atoms with E-state index >= 15 is 0 Å². The summed E-state index contributed by atoms with van der Waals surface area (Å²) in [6, 6.07) is 3.43. The fraction of sp³-hybridized carbons (Fsp3) is 0.455. The van der Waals surface area contributed by atoms with Crippen LogP contribution in [0.25, 0.3) is 0 Å². The Hall–Kier alpha value is -1.71. The topological polar surface area (TPSA) is 127 Å². The van der Waals surface area contributed by atoms with Crippen LogP contribution in [0.1, 0.15) is 26.2 Å². The highest BCUT2D eigenvalue weighted by molar-refractivity contribution is 7.89. The van der Waals surface area contributed by atoms with E-state index in [1.165, 1.54) is 12.1 Å². The Balaban J connectivity index is 3.02. The van der Waals surface area contributed by atoms with Gasteiger partial charge < -0.3 is 5.43 Å². The minimum atomic E-state index is -3.84. The van der Waals surface area contributed by atoms with Gasteiger partial charge >= 0.3 is 0 Å². The minimum Gasteiger partial charge on any atom is -0.323 e. The smallest absolute Gasteiger partial charge is 0.270 e. The number of benzene rings is 1. The second-order valence-corrected chi connectivity index (χ2v) is 5.92. The number of nitrogens with one attached hydrogen (secondary N) is 2. The van der Waals surface area contributed by atoms with Crippen molar-refractivity contribution in [2.75, 3.05) is 12.0 Å². The van der Waals surface area contributed by atoms with Gasteiger partial charge in [-0.1, -0.05) is 19.8 Å². The van der Waals surface area contributed by atoms with Gasteiger partial charge in [0, 0.05) is 18.7 Å². The number of non-ortho nitro benzene ring substituents is 1. The van der Waals surface area contributed by atoms with Gasteiger partial charge in [-0.15, -0.1) is 0 Å². The number of rotatable bonds is 8. The predicted octanol–water partition coefficient (Wildman–Crippen LogP) is 1.35. The molecule has 4 N–H and O–H groups in total. The maximum absolute atomic E-state index is 12.1. The van der Waals surface area contributed by atoms with Crippen molar-refractivity contribution in [2.24, 2.45) is 5.84 Å². The van der Waals surface area contributed by atoms with E-state index in [1.54, 1.807) is 0 Å². The van der Waals surface area contributed by atoms with Crippen LogP contribution in [0.3, 0.4) is 0 Å². The molecule has 0 amide bonds. The molecule has 1 aromatic carbocycles. The Labute approximate surface area is 117 Å². The molecule has 0 aliphatic rings. The Morgan fingerprint density at radius 3 is 2.60 bits per heavy atom. The average Bonchev–Trinajstić information content (AvgIpc) is 2.42. The zero-order valence-corrected chi connectivity index (χ0v) is 11.9. The van der Waals surface area contributed by atoms with Gasteiger partial charge in [-0.2, -0.15) is 0 Å². The fourth-order valence-electron chi connectivity index (χ4n) is 1.63. The molecule has 9 heteroatoms. The zero-order valence-electron chi connectivity index (χ0n) is 11.1. The number of hydrogen-bond acceptors (Lipinski definition) is 6. The molecule has 0 aliphatic heterocycles. The summed E-state index contributed by atoms with van der Waals surface area (Å²) < 4.78 is 26.6. The van der Waals surface area contributed by atoms with Gasteiger partial charge in [0.2, 0.25) is 10.0 Å². The van der Waals surface area contributed by atoms with Crippen molar-refractivity contribution in [3.63, 3.8) is 0 Å². The van der Waals surface area contributed by atoms with Crippen molar-refractivity contribution in [3.05, 3.63) is 28.3 Å². The molecule has 0 saturated heterocycles. The molecule has 0 aromatic heterocycles. The van der Waals surface area contributed by atoms with Crippen molar-refractivity contribution < 1.29 is 13.3 Å². The van der Waals surface area contributed by atoms with Gasteiger partial charge in [-0.3, -0.25) is 16.0 Å². The molecule has 0 spiro atoms. The number of hydrazine groups is 1. The predicted molar refractivity (Wildman–Crippen MR) is 75.6 cm³/mol. The van der Waals surface area contributed by atoms with Gasteiger partial charge in [0.15, 0.2) is 0 Å². The minimum absolute atomic E-state index is 0.110. The first-order valence-corrected chi connectivity index (χ1v) is 7.65. The maximum atomic E-state index is 12.1. The van der Waals surface area contributed by atoms with Crippen molar-refractivity contribution in [1.29, 1.82) is 0 Å². The van der Waals surface area contributed by atoms with Crippen LogP contribution in [0.4, 0.5) is 11.4 Å². The van der Waals surface area contributed by atoms with Gasteiger partial charge in [0.05, 0.1) is 10.6 Å². The summed E-state index contributed by atoms with van der Waals surface area (Å²) in [7, 11) is -3.84. The summed E-state index contributed by atoms with van der Waals surface area (Å²) in [5.41, 5.74) is 2.03. The van der Waals surface area contributed by atoms with Crippen molar-refractivity contribution in [3.8, 4) is 0 Å². The van der Waals surface area contributed by atoms with Crippen LogP contribution in [-0.2, 0) is 10.0 Å².